The van der Waals surface area contributed by atoms with Crippen molar-refractivity contribution in [2.45, 2.75) is 83.3 Å². The third kappa shape index (κ3) is 4.78. The molecule has 0 spiro atoms. The average Bonchev–Trinajstić information content (AvgIpc) is 3.05. The third-order valence-electron chi connectivity index (χ3n) is 5.60. The number of hydrogen-bond donors (Lipinski definition) is 2. The van der Waals surface area contributed by atoms with Crippen molar-refractivity contribution in [3.63, 3.8) is 0 Å². The molecule has 0 aliphatic heterocycles. The zero-order valence-corrected chi connectivity index (χ0v) is 17.7. The van der Waals surface area contributed by atoms with Crippen LogP contribution < -0.4 is 10.6 Å². The van der Waals surface area contributed by atoms with Crippen LogP contribution in [0.4, 0.5) is 5.00 Å². The van der Waals surface area contributed by atoms with Gasteiger partial charge in [-0.1, -0.05) is 19.3 Å². The SMILES string of the molecule is CC(=O)Nc1sc2c(c1C(=O)O[C@H](C)C(=O)NC1(C#N)CCCCC1)CCCC2. The van der Waals surface area contributed by atoms with Crippen molar-refractivity contribution in [3.05, 3.63) is 16.0 Å². The van der Waals surface area contributed by atoms with E-state index in [2.05, 4.69) is 16.7 Å². The molecule has 2 N–H and O–H groups in total. The first kappa shape index (κ1) is 21.3. The Hall–Kier alpha value is -2.40. The molecule has 0 radical (unpaired) electrons. The van der Waals surface area contributed by atoms with E-state index in [1.807, 2.05) is 0 Å². The summed E-state index contributed by atoms with van der Waals surface area (Å²) in [6.07, 6.45) is 6.70. The van der Waals surface area contributed by atoms with E-state index in [9.17, 15) is 19.6 Å². The van der Waals surface area contributed by atoms with Crippen molar-refractivity contribution in [3.8, 4) is 6.07 Å². The summed E-state index contributed by atoms with van der Waals surface area (Å²) >= 11 is 1.41. The Balaban J connectivity index is 1.74. The summed E-state index contributed by atoms with van der Waals surface area (Å²) in [6.45, 7) is 2.91. The van der Waals surface area contributed by atoms with Gasteiger partial charge in [0.25, 0.3) is 5.91 Å². The molecule has 0 saturated heterocycles. The molecule has 0 aromatic carbocycles. The van der Waals surface area contributed by atoms with E-state index in [4.69, 9.17) is 4.74 Å². The lowest BCUT2D eigenvalue weighted by Crippen LogP contribution is -2.52. The highest BCUT2D eigenvalue weighted by Gasteiger charge is 2.36. The molecule has 7 nitrogen and oxygen atoms in total. The molecule has 2 amide bonds. The molecular weight excluding hydrogens is 390 g/mol. The van der Waals surface area contributed by atoms with Crippen LogP contribution in [0.25, 0.3) is 0 Å². The maximum atomic E-state index is 12.9. The Morgan fingerprint density at radius 1 is 1.14 bits per heavy atom. The molecule has 1 saturated carbocycles. The molecule has 2 aliphatic carbocycles. The number of carbonyl (C=O) groups is 3. The minimum absolute atomic E-state index is 0.253. The summed E-state index contributed by atoms with van der Waals surface area (Å²) in [6, 6.07) is 2.24. The smallest absolute Gasteiger partial charge is 0.342 e. The molecule has 3 rings (SSSR count). The molecule has 1 fully saturated rings. The third-order valence-corrected chi connectivity index (χ3v) is 6.81. The Kier molecular flexibility index (Phi) is 6.58. The molecular formula is C21H27N3O4S. The van der Waals surface area contributed by atoms with Gasteiger partial charge in [0, 0.05) is 11.8 Å². The number of nitrogens with zero attached hydrogens (tertiary/aromatic N) is 1. The quantitative estimate of drug-likeness (QED) is 0.713. The van der Waals surface area contributed by atoms with Gasteiger partial charge in [-0.25, -0.2) is 4.79 Å². The lowest BCUT2D eigenvalue weighted by molar-refractivity contribution is -0.130. The highest BCUT2D eigenvalue weighted by molar-refractivity contribution is 7.17. The van der Waals surface area contributed by atoms with E-state index in [0.717, 1.165) is 55.4 Å². The number of fused-ring (bicyclic) bond motifs is 1. The Morgan fingerprint density at radius 3 is 2.48 bits per heavy atom. The minimum atomic E-state index is -1.03. The second kappa shape index (κ2) is 8.95. The van der Waals surface area contributed by atoms with E-state index in [1.54, 1.807) is 0 Å². The molecule has 0 unspecified atom stereocenters. The van der Waals surface area contributed by atoms with Crippen LogP contribution in [-0.4, -0.2) is 29.4 Å². The van der Waals surface area contributed by atoms with Gasteiger partial charge in [-0.3, -0.25) is 9.59 Å². The second-order valence-electron chi connectivity index (χ2n) is 7.89. The number of aryl methyl sites for hydroxylation is 1. The highest BCUT2D eigenvalue weighted by Crippen LogP contribution is 2.38. The van der Waals surface area contributed by atoms with Crippen molar-refractivity contribution in [2.75, 3.05) is 5.32 Å². The van der Waals surface area contributed by atoms with Gasteiger partial charge in [0.1, 0.15) is 10.5 Å². The van der Waals surface area contributed by atoms with Gasteiger partial charge >= 0.3 is 5.97 Å². The van der Waals surface area contributed by atoms with Crippen LogP contribution in [0.1, 0.15) is 79.6 Å². The van der Waals surface area contributed by atoms with Crippen molar-refractivity contribution < 1.29 is 19.1 Å². The number of esters is 1. The molecule has 2 aliphatic rings. The van der Waals surface area contributed by atoms with Gasteiger partial charge in [0.2, 0.25) is 5.91 Å². The first-order chi connectivity index (χ1) is 13.8. The lowest BCUT2D eigenvalue weighted by atomic mass is 9.83. The lowest BCUT2D eigenvalue weighted by Gasteiger charge is -2.32. The van der Waals surface area contributed by atoms with Gasteiger partial charge < -0.3 is 15.4 Å². The van der Waals surface area contributed by atoms with Crippen molar-refractivity contribution in [1.29, 1.82) is 5.26 Å². The number of thiophene rings is 1. The van der Waals surface area contributed by atoms with Crippen LogP contribution in [0.2, 0.25) is 0 Å². The zero-order valence-electron chi connectivity index (χ0n) is 16.9. The Labute approximate surface area is 174 Å². The van der Waals surface area contributed by atoms with Gasteiger partial charge in [0.15, 0.2) is 6.10 Å². The van der Waals surface area contributed by atoms with Crippen LogP contribution in [0.15, 0.2) is 0 Å². The highest BCUT2D eigenvalue weighted by atomic mass is 32.1. The fourth-order valence-corrected chi connectivity index (χ4v) is 5.38. The van der Waals surface area contributed by atoms with E-state index in [1.165, 1.54) is 25.2 Å². The summed E-state index contributed by atoms with van der Waals surface area (Å²) in [5.41, 5.74) is 0.411. The van der Waals surface area contributed by atoms with E-state index < -0.39 is 23.5 Å². The molecule has 29 heavy (non-hydrogen) atoms. The maximum absolute atomic E-state index is 12.9. The summed E-state index contributed by atoms with van der Waals surface area (Å²) in [4.78, 5) is 38.2. The zero-order chi connectivity index (χ0) is 21.0. The molecule has 1 atom stereocenters. The monoisotopic (exact) mass is 417 g/mol. The number of carbonyl (C=O) groups excluding carboxylic acids is 3. The van der Waals surface area contributed by atoms with Crippen LogP contribution in [-0.2, 0) is 27.2 Å². The average molecular weight is 418 g/mol. The fraction of sp³-hybridized carbons (Fsp3) is 0.619. The predicted octanol–water partition coefficient (Wildman–Crippen LogP) is 3.47. The fourth-order valence-electron chi connectivity index (χ4n) is 4.06. The number of ether oxygens (including phenoxy) is 1. The Morgan fingerprint density at radius 2 is 1.83 bits per heavy atom. The summed E-state index contributed by atoms with van der Waals surface area (Å²) < 4.78 is 5.47. The minimum Gasteiger partial charge on any atom is -0.449 e. The van der Waals surface area contributed by atoms with E-state index >= 15 is 0 Å². The van der Waals surface area contributed by atoms with Gasteiger partial charge in [0.05, 0.1) is 11.6 Å². The van der Waals surface area contributed by atoms with Crippen LogP contribution >= 0.6 is 11.3 Å². The summed E-state index contributed by atoms with van der Waals surface area (Å²) in [5.74, 6) is -1.32. The normalized spacial score (nSPS) is 18.7. The second-order valence-corrected chi connectivity index (χ2v) is 8.99. The van der Waals surface area contributed by atoms with Crippen molar-refractivity contribution in [2.24, 2.45) is 0 Å². The number of hydrogen-bond acceptors (Lipinski definition) is 6. The van der Waals surface area contributed by atoms with E-state index in [0.29, 0.717) is 23.4 Å². The predicted molar refractivity (Wildman–Crippen MR) is 110 cm³/mol. The number of amides is 2. The molecule has 0 bridgehead atoms. The Bertz CT molecular complexity index is 849. The molecule has 1 aromatic rings. The van der Waals surface area contributed by atoms with Crippen LogP contribution in [0, 0.1) is 11.3 Å². The number of nitrogens with one attached hydrogen (secondary N) is 2. The largest absolute Gasteiger partial charge is 0.449 e. The topological polar surface area (TPSA) is 108 Å². The van der Waals surface area contributed by atoms with E-state index in [-0.39, 0.29) is 5.91 Å². The van der Waals surface area contributed by atoms with Crippen molar-refractivity contribution >= 4 is 34.1 Å². The molecule has 8 heteroatoms. The van der Waals surface area contributed by atoms with Crippen molar-refractivity contribution in [1.82, 2.24) is 5.32 Å². The number of nitriles is 1. The molecule has 156 valence electrons. The van der Waals surface area contributed by atoms with Crippen LogP contribution in [0.5, 0.6) is 0 Å². The van der Waals surface area contributed by atoms with Gasteiger partial charge in [-0.2, -0.15) is 5.26 Å². The first-order valence-corrected chi connectivity index (χ1v) is 11.0. The molecule has 1 heterocycles. The maximum Gasteiger partial charge on any atom is 0.342 e. The summed E-state index contributed by atoms with van der Waals surface area (Å²) in [7, 11) is 0. The van der Waals surface area contributed by atoms with Gasteiger partial charge in [-0.15, -0.1) is 11.3 Å². The standard InChI is InChI=1S/C21H27N3O4S/c1-13(18(26)24-21(12-22)10-6-3-7-11-21)28-20(27)17-15-8-4-5-9-16(15)29-19(17)23-14(2)25/h13H,3-11H2,1-2H3,(H,23,25)(H,24,26)/t13-/m1/s1. The first-order valence-electron chi connectivity index (χ1n) is 10.2. The summed E-state index contributed by atoms with van der Waals surface area (Å²) in [5, 5.41) is 15.6. The number of rotatable bonds is 5. The van der Waals surface area contributed by atoms with Crippen LogP contribution in [0.3, 0.4) is 0 Å². The van der Waals surface area contributed by atoms with Gasteiger partial charge in [-0.05, 0) is 51.0 Å². The number of anilines is 1. The molecule has 1 aromatic heterocycles.